The van der Waals surface area contributed by atoms with E-state index in [1.807, 2.05) is 11.8 Å². The summed E-state index contributed by atoms with van der Waals surface area (Å²) in [5.74, 6) is 1.68. The fourth-order valence-corrected chi connectivity index (χ4v) is 3.59. The molecule has 1 N–H and O–H groups in total. The monoisotopic (exact) mass is 273 g/mol. The minimum Gasteiger partial charge on any atom is -0.392 e. The maximum Gasteiger partial charge on any atom is 0.0631 e. The molecule has 3 heteroatoms. The van der Waals surface area contributed by atoms with Gasteiger partial charge in [-0.1, -0.05) is 20.3 Å². The zero-order valence-corrected chi connectivity index (χ0v) is 13.6. The highest BCUT2D eigenvalue weighted by atomic mass is 32.2. The lowest BCUT2D eigenvalue weighted by molar-refractivity contribution is -0.0436. The zero-order valence-electron chi connectivity index (χ0n) is 12.8. The molecular formula is C15H31NOS. The van der Waals surface area contributed by atoms with Crippen LogP contribution in [0.5, 0.6) is 0 Å². The Hall–Kier alpha value is 0.270. The van der Waals surface area contributed by atoms with Crippen molar-refractivity contribution in [2.75, 3.05) is 25.6 Å². The Labute approximate surface area is 118 Å². The van der Waals surface area contributed by atoms with Crippen molar-refractivity contribution < 1.29 is 5.11 Å². The van der Waals surface area contributed by atoms with Crippen LogP contribution in [0, 0.1) is 11.3 Å². The van der Waals surface area contributed by atoms with Gasteiger partial charge in [0, 0.05) is 12.6 Å². The average Bonchev–Trinajstić information content (AvgIpc) is 2.31. The Morgan fingerprint density at radius 2 is 2.11 bits per heavy atom. The van der Waals surface area contributed by atoms with Crippen LogP contribution in [0.3, 0.4) is 0 Å². The predicted octanol–water partition coefficient (Wildman–Crippen LogP) is 3.25. The minimum absolute atomic E-state index is 0.103. The number of hydrogen-bond acceptors (Lipinski definition) is 3. The topological polar surface area (TPSA) is 23.5 Å². The molecule has 0 aromatic rings. The van der Waals surface area contributed by atoms with Crippen molar-refractivity contribution >= 4 is 11.8 Å². The van der Waals surface area contributed by atoms with E-state index in [0.29, 0.717) is 12.0 Å². The molecule has 0 heterocycles. The molecule has 1 fully saturated rings. The molecule has 1 aliphatic carbocycles. The summed E-state index contributed by atoms with van der Waals surface area (Å²) in [6.07, 6.45) is 6.88. The first-order valence-electron chi connectivity index (χ1n) is 7.25. The molecule has 0 spiro atoms. The fraction of sp³-hybridized carbons (Fsp3) is 1.00. The van der Waals surface area contributed by atoms with Crippen LogP contribution in [-0.2, 0) is 0 Å². The third kappa shape index (κ3) is 4.43. The summed E-state index contributed by atoms with van der Waals surface area (Å²) >= 11 is 1.92. The van der Waals surface area contributed by atoms with E-state index >= 15 is 0 Å². The van der Waals surface area contributed by atoms with Gasteiger partial charge in [0.25, 0.3) is 0 Å². The van der Waals surface area contributed by atoms with E-state index in [2.05, 4.69) is 39.0 Å². The highest BCUT2D eigenvalue weighted by Gasteiger charge is 2.38. The summed E-state index contributed by atoms with van der Waals surface area (Å²) in [5.41, 5.74) is 0.103. The summed E-state index contributed by atoms with van der Waals surface area (Å²) in [6.45, 7) is 7.76. The highest BCUT2D eigenvalue weighted by molar-refractivity contribution is 7.98. The van der Waals surface area contributed by atoms with Crippen LogP contribution in [0.2, 0.25) is 0 Å². The van der Waals surface area contributed by atoms with Gasteiger partial charge in [0.2, 0.25) is 0 Å². The second-order valence-electron chi connectivity index (χ2n) is 6.66. The molecule has 0 bridgehead atoms. The average molecular weight is 273 g/mol. The van der Waals surface area contributed by atoms with Crippen molar-refractivity contribution in [1.29, 1.82) is 0 Å². The minimum atomic E-state index is -0.138. The number of hydrogen-bond donors (Lipinski definition) is 1. The number of rotatable bonds is 6. The quantitative estimate of drug-likeness (QED) is 0.803. The number of aliphatic hydroxyl groups is 1. The zero-order chi connectivity index (χ0) is 13.8. The van der Waals surface area contributed by atoms with Crippen LogP contribution < -0.4 is 0 Å². The largest absolute Gasteiger partial charge is 0.392 e. The third-order valence-electron chi connectivity index (χ3n) is 4.66. The molecule has 1 aliphatic rings. The van der Waals surface area contributed by atoms with E-state index in [-0.39, 0.29) is 11.5 Å². The second kappa shape index (κ2) is 7.16. The molecule has 0 saturated heterocycles. The van der Waals surface area contributed by atoms with Crippen molar-refractivity contribution in [3.8, 4) is 0 Å². The van der Waals surface area contributed by atoms with Gasteiger partial charge in [-0.25, -0.2) is 0 Å². The van der Waals surface area contributed by atoms with Crippen molar-refractivity contribution in [2.24, 2.45) is 11.3 Å². The smallest absolute Gasteiger partial charge is 0.0631 e. The van der Waals surface area contributed by atoms with E-state index in [1.165, 1.54) is 25.0 Å². The van der Waals surface area contributed by atoms with Crippen molar-refractivity contribution in [3.63, 3.8) is 0 Å². The molecule has 1 saturated carbocycles. The lowest BCUT2D eigenvalue weighted by Gasteiger charge is -2.43. The first-order chi connectivity index (χ1) is 8.38. The molecule has 18 heavy (non-hydrogen) atoms. The highest BCUT2D eigenvalue weighted by Crippen LogP contribution is 2.39. The van der Waals surface area contributed by atoms with Gasteiger partial charge in [0.05, 0.1) is 6.10 Å². The molecule has 3 atom stereocenters. The van der Waals surface area contributed by atoms with E-state index in [9.17, 15) is 5.11 Å². The number of thioether (sulfide) groups is 1. The summed E-state index contributed by atoms with van der Waals surface area (Å²) in [7, 11) is 2.21. The van der Waals surface area contributed by atoms with Crippen molar-refractivity contribution in [3.05, 3.63) is 0 Å². The van der Waals surface area contributed by atoms with Gasteiger partial charge in [0.15, 0.2) is 0 Å². The van der Waals surface area contributed by atoms with Gasteiger partial charge >= 0.3 is 0 Å². The first-order valence-corrected chi connectivity index (χ1v) is 8.65. The lowest BCUT2D eigenvalue weighted by Crippen LogP contribution is -2.46. The molecule has 0 amide bonds. The maximum atomic E-state index is 10.5. The van der Waals surface area contributed by atoms with Crippen molar-refractivity contribution in [1.82, 2.24) is 4.90 Å². The van der Waals surface area contributed by atoms with Gasteiger partial charge in [0.1, 0.15) is 0 Å². The molecule has 0 radical (unpaired) electrons. The maximum absolute atomic E-state index is 10.5. The molecular weight excluding hydrogens is 242 g/mol. The number of nitrogens with zero attached hydrogens (tertiary/aromatic N) is 1. The molecule has 108 valence electrons. The van der Waals surface area contributed by atoms with Crippen LogP contribution in [0.1, 0.15) is 46.5 Å². The summed E-state index contributed by atoms with van der Waals surface area (Å²) in [4.78, 5) is 2.44. The van der Waals surface area contributed by atoms with Gasteiger partial charge < -0.3 is 10.0 Å². The van der Waals surface area contributed by atoms with E-state index in [4.69, 9.17) is 0 Å². The van der Waals surface area contributed by atoms with Gasteiger partial charge in [-0.05, 0) is 56.6 Å². The Kier molecular flexibility index (Phi) is 6.49. The Balaban J connectivity index is 2.45. The molecule has 1 rings (SSSR count). The Morgan fingerprint density at radius 1 is 1.44 bits per heavy atom. The SMILES string of the molecule is CSCCC(C)N(C)CC1CCCC(C)(C)C1O. The van der Waals surface area contributed by atoms with Gasteiger partial charge in [-0.15, -0.1) is 0 Å². The molecule has 2 nitrogen and oxygen atoms in total. The van der Waals surface area contributed by atoms with E-state index < -0.39 is 0 Å². The van der Waals surface area contributed by atoms with E-state index in [0.717, 1.165) is 13.0 Å². The van der Waals surface area contributed by atoms with Crippen molar-refractivity contribution in [2.45, 2.75) is 58.6 Å². The molecule has 3 unspecified atom stereocenters. The van der Waals surface area contributed by atoms with Gasteiger partial charge in [-0.2, -0.15) is 11.8 Å². The van der Waals surface area contributed by atoms with Gasteiger partial charge in [-0.3, -0.25) is 0 Å². The number of aliphatic hydroxyl groups excluding tert-OH is 1. The van der Waals surface area contributed by atoms with Crippen LogP contribution in [0.15, 0.2) is 0 Å². The lowest BCUT2D eigenvalue weighted by atomic mass is 9.69. The summed E-state index contributed by atoms with van der Waals surface area (Å²) < 4.78 is 0. The fourth-order valence-electron chi connectivity index (χ4n) is 3.01. The molecule has 0 aromatic carbocycles. The first kappa shape index (κ1) is 16.3. The normalized spacial score (nSPS) is 29.5. The summed E-state index contributed by atoms with van der Waals surface area (Å²) in [5, 5.41) is 10.5. The van der Waals surface area contributed by atoms with Crippen LogP contribution in [-0.4, -0.2) is 47.8 Å². The standard InChI is InChI=1S/C15H31NOS/c1-12(8-10-18-5)16(4)11-13-7-6-9-15(2,3)14(13)17/h12-14,17H,6-11H2,1-5H3. The molecule has 0 aromatic heterocycles. The second-order valence-corrected chi connectivity index (χ2v) is 7.64. The van der Waals surface area contributed by atoms with E-state index in [1.54, 1.807) is 0 Å². The van der Waals surface area contributed by atoms with Crippen LogP contribution in [0.25, 0.3) is 0 Å². The molecule has 0 aliphatic heterocycles. The Morgan fingerprint density at radius 3 is 2.72 bits per heavy atom. The third-order valence-corrected chi connectivity index (χ3v) is 5.30. The Bertz CT molecular complexity index is 245. The van der Waals surface area contributed by atoms with Crippen LogP contribution >= 0.6 is 11.8 Å². The summed E-state index contributed by atoms with van der Waals surface area (Å²) in [6, 6.07) is 0.620. The van der Waals surface area contributed by atoms with Crippen LogP contribution in [0.4, 0.5) is 0 Å². The predicted molar refractivity (Wildman–Crippen MR) is 82.2 cm³/mol.